The van der Waals surface area contributed by atoms with E-state index in [0.717, 1.165) is 25.7 Å². The highest BCUT2D eigenvalue weighted by molar-refractivity contribution is 6.62. The van der Waals surface area contributed by atoms with Crippen LogP contribution in [0.1, 0.15) is 208 Å². The van der Waals surface area contributed by atoms with Crippen molar-refractivity contribution in [1.29, 1.82) is 0 Å². The number of hydrogen-bond donors (Lipinski definition) is 12. The molecule has 790 valence electrons. The van der Waals surface area contributed by atoms with Gasteiger partial charge in [0.2, 0.25) is 23.6 Å². The van der Waals surface area contributed by atoms with E-state index in [4.69, 9.17) is 79.7 Å². The average Bonchev–Trinajstić information content (AvgIpc) is 0.758. The number of nitrogens with zero attached hydrogens (tertiary/aromatic N) is 5. The molecule has 0 fully saturated rings. The third-order valence-corrected chi connectivity index (χ3v) is 40.7. The van der Waals surface area contributed by atoms with E-state index in [9.17, 15) is 70.2 Å². The number of carbonyl (C=O) groups is 4. The Morgan fingerprint density at radius 2 is 0.432 bits per heavy atom. The van der Waals surface area contributed by atoms with Crippen molar-refractivity contribution in [2.45, 2.75) is 244 Å². The van der Waals surface area contributed by atoms with Gasteiger partial charge in [-0.1, -0.05) is 0 Å². The normalized spacial score (nSPS) is 12.7. The van der Waals surface area contributed by atoms with Gasteiger partial charge in [-0.2, -0.15) is 0 Å². The highest BCUT2D eigenvalue weighted by Gasteiger charge is 2.54. The molecular formula is C87H191N7O32Si6. The van der Waals surface area contributed by atoms with Crippen LogP contribution >= 0.6 is 0 Å². The summed E-state index contributed by atoms with van der Waals surface area (Å²) in [5.41, 5.74) is -3.35. The molecule has 0 saturated carbocycles. The molecule has 0 heterocycles. The molecule has 0 unspecified atom stereocenters. The van der Waals surface area contributed by atoms with E-state index in [1.807, 2.05) is 130 Å². The summed E-state index contributed by atoms with van der Waals surface area (Å²) in [6.07, 6.45) is 6.06. The number of hydrogen-bond acceptors (Lipinski definition) is 35. The van der Waals surface area contributed by atoms with Gasteiger partial charge in [-0.3, -0.25) is 33.9 Å². The van der Waals surface area contributed by atoms with Crippen LogP contribution in [0.25, 0.3) is 0 Å². The molecule has 0 bridgehead atoms. The SMILES string of the molecule is CCO[Si](CCCC(CCC[Si](OCC)(OCC)OCC)(C(=O)N(CCO)CCO)C(=O)N(CCO)CCO)(OCC)OCC.CCO[Si](CCCC(CCC[Si](OCC)(OCC)OCC)(C(=O)NC)C(=O)NCCCN(CCO)CCO)(OCC)OCC.CCO[Si](CCCC(CCC[Si](OCC)(OCC)OCC)(CN(CCO)CCO)CN(CCO)CCO)(OCC)OCC. The molecule has 45 heteroatoms. The Bertz CT molecular complexity index is 2450. The highest BCUT2D eigenvalue weighted by atomic mass is 28.4. The molecule has 0 aliphatic heterocycles. The van der Waals surface area contributed by atoms with Crippen LogP contribution in [0.15, 0.2) is 0 Å². The van der Waals surface area contributed by atoms with E-state index in [1.54, 1.807) is 7.05 Å². The quantitative estimate of drug-likeness (QED) is 0.0199. The molecule has 39 nitrogen and oxygen atoms in total. The topological polar surface area (TPSA) is 477 Å². The number of aliphatic hydroxyl groups excluding tert-OH is 10. The molecule has 4 amide bonds. The summed E-state index contributed by atoms with van der Waals surface area (Å²) in [5, 5.41) is 103. The summed E-state index contributed by atoms with van der Waals surface area (Å²) in [6.45, 7) is 45.1. The molecule has 0 aliphatic carbocycles. The number of nitrogens with one attached hydrogen (secondary N) is 2. The number of rotatable bonds is 92. The van der Waals surface area contributed by atoms with E-state index in [2.05, 4.69) is 20.4 Å². The largest absolute Gasteiger partial charge is 0.500 e. The van der Waals surface area contributed by atoms with E-state index >= 15 is 0 Å². The molecule has 0 aromatic carbocycles. The molecule has 0 spiro atoms. The van der Waals surface area contributed by atoms with Gasteiger partial charge in [0.25, 0.3) is 0 Å². The fraction of sp³-hybridized carbons (Fsp3) is 0.954. The van der Waals surface area contributed by atoms with Gasteiger partial charge in [0.15, 0.2) is 0 Å². The summed E-state index contributed by atoms with van der Waals surface area (Å²) < 4.78 is 109. The molecule has 0 radical (unpaired) electrons. The predicted octanol–water partition coefficient (Wildman–Crippen LogP) is 5.63. The zero-order valence-corrected chi connectivity index (χ0v) is 91.3. The summed E-state index contributed by atoms with van der Waals surface area (Å²) in [6, 6.07) is 2.98. The Morgan fingerprint density at radius 1 is 0.242 bits per heavy atom. The Labute approximate surface area is 801 Å². The van der Waals surface area contributed by atoms with E-state index in [0.29, 0.717) is 253 Å². The van der Waals surface area contributed by atoms with E-state index in [1.165, 1.54) is 9.80 Å². The molecule has 0 rings (SSSR count). The fourth-order valence-electron chi connectivity index (χ4n) is 16.9. The smallest absolute Gasteiger partial charge is 0.395 e. The predicted molar refractivity (Wildman–Crippen MR) is 520 cm³/mol. The molecule has 0 aromatic heterocycles. The minimum absolute atomic E-state index is 0.0157. The molecule has 132 heavy (non-hydrogen) atoms. The first-order valence-corrected chi connectivity index (χ1v) is 61.0. The van der Waals surface area contributed by atoms with Gasteiger partial charge in [0.05, 0.1) is 66.1 Å². The number of carbonyl (C=O) groups excluding carboxylic acids is 4. The van der Waals surface area contributed by atoms with Crippen LogP contribution in [0, 0.1) is 16.2 Å². The summed E-state index contributed by atoms with van der Waals surface area (Å²) in [5.74, 6) is -1.81. The van der Waals surface area contributed by atoms with Crippen molar-refractivity contribution in [2.75, 3.05) is 284 Å². The second-order valence-electron chi connectivity index (χ2n) is 31.1. The lowest BCUT2D eigenvalue weighted by Crippen LogP contribution is -2.56. The first-order chi connectivity index (χ1) is 63.6. The maximum absolute atomic E-state index is 14.5. The van der Waals surface area contributed by atoms with E-state index < -0.39 is 75.5 Å². The van der Waals surface area contributed by atoms with Crippen LogP contribution in [0.5, 0.6) is 0 Å². The first kappa shape index (κ1) is 134. The molecule has 0 saturated heterocycles. The first-order valence-electron chi connectivity index (χ1n) is 49.4. The summed E-state index contributed by atoms with van der Waals surface area (Å²) in [4.78, 5) is 65.4. The molecule has 0 aliphatic rings. The Balaban J connectivity index is -0.00000189. The zero-order chi connectivity index (χ0) is 100.0. The third kappa shape index (κ3) is 52.1. The minimum Gasteiger partial charge on any atom is -0.395 e. The molecule has 12 N–H and O–H groups in total. The lowest BCUT2D eigenvalue weighted by molar-refractivity contribution is -0.159. The molecular weight excluding hydrogens is 1820 g/mol. The highest BCUT2D eigenvalue weighted by Crippen LogP contribution is 2.42. The number of amides is 4. The molecule has 0 atom stereocenters. The Hall–Kier alpha value is -2.06. The van der Waals surface area contributed by atoms with Gasteiger partial charge < -0.3 is 151 Å². The summed E-state index contributed by atoms with van der Waals surface area (Å²) >= 11 is 0. The van der Waals surface area contributed by atoms with Crippen molar-refractivity contribution in [3.05, 3.63) is 0 Å². The lowest BCUT2D eigenvalue weighted by atomic mass is 9.76. The third-order valence-electron chi connectivity index (χ3n) is 21.8. The minimum atomic E-state index is -3.14. The monoisotopic (exact) mass is 2010 g/mol. The van der Waals surface area contributed by atoms with Crippen molar-refractivity contribution >= 4 is 76.5 Å². The standard InChI is InChI=1S/C29H63N3O10Si2.C29H62N2O12Si2.C29H66N2O10Si2/c1-8-37-43(38-9-2,39-10-3)25-14-17-29(27(35)30-7,18-15-26-44(40-11-4,41-12-5)42-13-6)28(36)31-19-16-20-32(21-23-33)22-24-34;1-7-38-44(39-8-2,40-9-3)25-13-15-29(27(36)30(17-21-32)18-22-33,28(37)31(19-23-34)20-24-35)16-14-26-45(41-10-4,42-11-5)43-12-6;1-7-36-42(37-8-2,38-9-3)25-13-15-29(27-30(17-21-32)18-22-33,28-31(19-23-34)20-24-35)16-14-26-43(39-10-4,40-11-5)41-12-6/h33-34H,8-26H2,1-7H3,(H,30,35)(H,31,36);32-35H,7-26H2,1-6H3;32-35H,7-28H2,1-6H3. The fourth-order valence-corrected chi connectivity index (χ4v) is 32.6. The second kappa shape index (κ2) is 82.5. The van der Waals surface area contributed by atoms with Crippen LogP contribution in [-0.4, -0.2) is 436 Å². The van der Waals surface area contributed by atoms with Gasteiger partial charge in [-0.05, 0) is 220 Å². The maximum Gasteiger partial charge on any atom is 0.500 e. The van der Waals surface area contributed by atoms with Crippen LogP contribution < -0.4 is 10.6 Å². The van der Waals surface area contributed by atoms with Gasteiger partial charge in [0, 0.05) is 247 Å². The van der Waals surface area contributed by atoms with Gasteiger partial charge in [-0.25, -0.2) is 0 Å². The lowest BCUT2D eigenvalue weighted by Gasteiger charge is -2.43. The Morgan fingerprint density at radius 3 is 0.621 bits per heavy atom. The number of aliphatic hydroxyl groups is 10. The van der Waals surface area contributed by atoms with Crippen molar-refractivity contribution in [1.82, 2.24) is 35.1 Å². The van der Waals surface area contributed by atoms with Crippen molar-refractivity contribution in [3.8, 4) is 0 Å². The average molecular weight is 2020 g/mol. The van der Waals surface area contributed by atoms with Crippen LogP contribution in [-0.2, 0) is 98.8 Å². The van der Waals surface area contributed by atoms with Crippen molar-refractivity contribution < 1.29 is 150 Å². The summed E-state index contributed by atoms with van der Waals surface area (Å²) in [7, 11) is -16.4. The molecule has 0 aromatic rings. The maximum atomic E-state index is 14.5. The van der Waals surface area contributed by atoms with Crippen LogP contribution in [0.4, 0.5) is 0 Å². The van der Waals surface area contributed by atoms with Gasteiger partial charge >= 0.3 is 52.8 Å². The zero-order valence-electron chi connectivity index (χ0n) is 85.3. The van der Waals surface area contributed by atoms with Gasteiger partial charge in [-0.15, -0.1) is 0 Å². The van der Waals surface area contributed by atoms with Crippen LogP contribution in [0.3, 0.4) is 0 Å². The van der Waals surface area contributed by atoms with E-state index in [-0.39, 0.29) is 135 Å². The Kier molecular flexibility index (Phi) is 83.8. The van der Waals surface area contributed by atoms with Crippen molar-refractivity contribution in [3.63, 3.8) is 0 Å². The van der Waals surface area contributed by atoms with Gasteiger partial charge in [0.1, 0.15) is 10.8 Å². The van der Waals surface area contributed by atoms with Crippen LogP contribution in [0.2, 0.25) is 36.3 Å². The second-order valence-corrected chi connectivity index (χ2v) is 47.5. The van der Waals surface area contributed by atoms with Crippen molar-refractivity contribution in [2.24, 2.45) is 16.2 Å².